The van der Waals surface area contributed by atoms with E-state index in [1.165, 1.54) is 4.31 Å². The van der Waals surface area contributed by atoms with Crippen molar-refractivity contribution in [3.05, 3.63) is 54.1 Å². The molecule has 2 aromatic rings. The van der Waals surface area contributed by atoms with Crippen LogP contribution in [0.2, 0.25) is 0 Å². The van der Waals surface area contributed by atoms with Crippen LogP contribution in [0.25, 0.3) is 0 Å². The minimum absolute atomic E-state index is 0.00695. The van der Waals surface area contributed by atoms with Crippen LogP contribution in [0.15, 0.2) is 53.4 Å². The van der Waals surface area contributed by atoms with E-state index in [9.17, 15) is 18.0 Å². The molecule has 0 aliphatic carbocycles. The highest BCUT2D eigenvalue weighted by atomic mass is 32.2. The van der Waals surface area contributed by atoms with E-state index in [4.69, 9.17) is 4.74 Å². The van der Waals surface area contributed by atoms with E-state index in [0.29, 0.717) is 30.4 Å². The second-order valence-corrected chi connectivity index (χ2v) is 10.1. The van der Waals surface area contributed by atoms with Gasteiger partial charge in [-0.3, -0.25) is 15.0 Å². The van der Waals surface area contributed by atoms with E-state index in [2.05, 4.69) is 24.5 Å². The first-order chi connectivity index (χ1) is 15.7. The van der Waals surface area contributed by atoms with Crippen LogP contribution in [-0.2, 0) is 14.8 Å². The summed E-state index contributed by atoms with van der Waals surface area (Å²) in [6, 6.07) is 13.1. The molecule has 0 radical (unpaired) electrons. The molecule has 3 rings (SSSR count). The highest BCUT2D eigenvalue weighted by Gasteiger charge is 2.29. The SMILES string of the molecule is COc1ccc(NC(=O)NC(=O)CN2CCN(S(=O)(=O)c3ccc(C(C)C)cc3)CC2)cc1. The summed E-state index contributed by atoms with van der Waals surface area (Å²) >= 11 is 0. The van der Waals surface area contributed by atoms with E-state index >= 15 is 0 Å². The summed E-state index contributed by atoms with van der Waals surface area (Å²) in [6.07, 6.45) is 0. The molecule has 0 spiro atoms. The van der Waals surface area contributed by atoms with Gasteiger partial charge in [0.15, 0.2) is 0 Å². The number of nitrogens with zero attached hydrogens (tertiary/aromatic N) is 2. The Morgan fingerprint density at radius 1 is 0.970 bits per heavy atom. The lowest BCUT2D eigenvalue weighted by Gasteiger charge is -2.33. The van der Waals surface area contributed by atoms with E-state index in [1.807, 2.05) is 17.0 Å². The number of sulfonamides is 1. The van der Waals surface area contributed by atoms with Crippen LogP contribution in [-0.4, -0.2) is 69.4 Å². The predicted octanol–water partition coefficient (Wildman–Crippen LogP) is 2.47. The zero-order valence-corrected chi connectivity index (χ0v) is 19.9. The molecule has 0 atom stereocenters. The number of carbonyl (C=O) groups excluding carboxylic acids is 2. The maximum atomic E-state index is 12.9. The number of piperazine rings is 1. The number of imide groups is 1. The summed E-state index contributed by atoms with van der Waals surface area (Å²) in [7, 11) is -2.03. The van der Waals surface area contributed by atoms with Gasteiger partial charge in [-0.2, -0.15) is 4.31 Å². The van der Waals surface area contributed by atoms with Gasteiger partial charge in [-0.05, 0) is 47.9 Å². The van der Waals surface area contributed by atoms with Crippen molar-refractivity contribution in [1.29, 1.82) is 0 Å². The number of urea groups is 1. The van der Waals surface area contributed by atoms with Gasteiger partial charge in [0.25, 0.3) is 0 Å². The molecular formula is C23H30N4O5S. The second kappa shape index (κ2) is 10.8. The van der Waals surface area contributed by atoms with Gasteiger partial charge in [0, 0.05) is 31.9 Å². The third kappa shape index (κ3) is 6.53. The highest BCUT2D eigenvalue weighted by Crippen LogP contribution is 2.21. The summed E-state index contributed by atoms with van der Waals surface area (Å²) in [5, 5.41) is 4.88. The van der Waals surface area contributed by atoms with E-state index in [1.54, 1.807) is 43.5 Å². The van der Waals surface area contributed by atoms with Crippen molar-refractivity contribution in [2.24, 2.45) is 0 Å². The van der Waals surface area contributed by atoms with Crippen LogP contribution in [0.1, 0.15) is 25.3 Å². The Morgan fingerprint density at radius 3 is 2.12 bits per heavy atom. The van der Waals surface area contributed by atoms with Crippen molar-refractivity contribution >= 4 is 27.6 Å². The molecule has 0 saturated carbocycles. The fourth-order valence-electron chi connectivity index (χ4n) is 3.51. The van der Waals surface area contributed by atoms with Crippen molar-refractivity contribution in [3.63, 3.8) is 0 Å². The van der Waals surface area contributed by atoms with Crippen LogP contribution >= 0.6 is 0 Å². The van der Waals surface area contributed by atoms with Crippen molar-refractivity contribution in [2.45, 2.75) is 24.7 Å². The lowest BCUT2D eigenvalue weighted by atomic mass is 10.0. The molecule has 1 aliphatic heterocycles. The Kier molecular flexibility index (Phi) is 8.06. The van der Waals surface area contributed by atoms with Crippen molar-refractivity contribution < 1.29 is 22.7 Å². The summed E-state index contributed by atoms with van der Waals surface area (Å²) in [4.78, 5) is 26.4. The van der Waals surface area contributed by atoms with Gasteiger partial charge in [0.1, 0.15) is 5.75 Å². The molecule has 1 heterocycles. The molecule has 3 amide bonds. The van der Waals surface area contributed by atoms with Gasteiger partial charge in [0.2, 0.25) is 15.9 Å². The average Bonchev–Trinajstić information content (AvgIpc) is 2.79. The molecule has 0 bridgehead atoms. The quantitative estimate of drug-likeness (QED) is 0.638. The topological polar surface area (TPSA) is 108 Å². The summed E-state index contributed by atoms with van der Waals surface area (Å²) in [6.45, 7) is 5.48. The molecule has 2 N–H and O–H groups in total. The predicted molar refractivity (Wildman–Crippen MR) is 126 cm³/mol. The Labute approximate surface area is 194 Å². The van der Waals surface area contributed by atoms with Gasteiger partial charge in [-0.25, -0.2) is 13.2 Å². The first-order valence-electron chi connectivity index (χ1n) is 10.8. The fraction of sp³-hybridized carbons (Fsp3) is 0.391. The highest BCUT2D eigenvalue weighted by molar-refractivity contribution is 7.89. The number of amides is 3. The Bertz CT molecular complexity index is 1060. The lowest BCUT2D eigenvalue weighted by molar-refractivity contribution is -0.121. The minimum atomic E-state index is -3.58. The third-order valence-electron chi connectivity index (χ3n) is 5.48. The molecular weight excluding hydrogens is 444 g/mol. The third-order valence-corrected chi connectivity index (χ3v) is 7.40. The van der Waals surface area contributed by atoms with Crippen molar-refractivity contribution in [3.8, 4) is 5.75 Å². The largest absolute Gasteiger partial charge is 0.497 e. The number of hydrogen-bond donors (Lipinski definition) is 2. The molecule has 33 heavy (non-hydrogen) atoms. The van der Waals surface area contributed by atoms with E-state index < -0.39 is 22.0 Å². The van der Waals surface area contributed by atoms with Crippen molar-refractivity contribution in [2.75, 3.05) is 45.2 Å². The normalized spacial score (nSPS) is 15.3. The molecule has 178 valence electrons. The number of ether oxygens (including phenoxy) is 1. The van der Waals surface area contributed by atoms with Crippen LogP contribution < -0.4 is 15.4 Å². The van der Waals surface area contributed by atoms with Crippen LogP contribution in [0.3, 0.4) is 0 Å². The van der Waals surface area contributed by atoms with Gasteiger partial charge in [0.05, 0.1) is 18.6 Å². The number of anilines is 1. The Hall–Kier alpha value is -2.95. The number of rotatable bonds is 7. The van der Waals surface area contributed by atoms with Crippen LogP contribution in [0.5, 0.6) is 5.75 Å². The summed E-state index contributed by atoms with van der Waals surface area (Å²) < 4.78 is 32.3. The molecule has 9 nitrogen and oxygen atoms in total. The number of nitrogens with one attached hydrogen (secondary N) is 2. The molecule has 1 fully saturated rings. The van der Waals surface area contributed by atoms with E-state index in [0.717, 1.165) is 5.56 Å². The van der Waals surface area contributed by atoms with Crippen LogP contribution in [0, 0.1) is 0 Å². The zero-order valence-electron chi connectivity index (χ0n) is 19.1. The monoisotopic (exact) mass is 474 g/mol. The van der Waals surface area contributed by atoms with E-state index in [-0.39, 0.29) is 24.5 Å². The second-order valence-electron chi connectivity index (χ2n) is 8.13. The maximum Gasteiger partial charge on any atom is 0.325 e. The molecule has 2 aromatic carbocycles. The standard InChI is InChI=1S/C23H30N4O5S/c1-17(2)18-4-10-21(11-5-18)33(30,31)27-14-12-26(13-15-27)16-22(28)25-23(29)24-19-6-8-20(32-3)9-7-19/h4-11,17H,12-16H2,1-3H3,(H2,24,25,28,29). The first kappa shape index (κ1) is 24.7. The number of benzene rings is 2. The molecule has 10 heteroatoms. The average molecular weight is 475 g/mol. The molecule has 0 aromatic heterocycles. The smallest absolute Gasteiger partial charge is 0.325 e. The van der Waals surface area contributed by atoms with Gasteiger partial charge in [-0.1, -0.05) is 26.0 Å². The number of hydrogen-bond acceptors (Lipinski definition) is 6. The Morgan fingerprint density at radius 2 is 1.58 bits per heavy atom. The number of methoxy groups -OCH3 is 1. The Balaban J connectivity index is 1.47. The van der Waals surface area contributed by atoms with Gasteiger partial charge >= 0.3 is 6.03 Å². The summed E-state index contributed by atoms with van der Waals surface area (Å²) in [5.41, 5.74) is 1.61. The molecule has 1 aliphatic rings. The first-order valence-corrected chi connectivity index (χ1v) is 12.2. The molecule has 1 saturated heterocycles. The van der Waals surface area contributed by atoms with Gasteiger partial charge < -0.3 is 10.1 Å². The van der Waals surface area contributed by atoms with Crippen LogP contribution in [0.4, 0.5) is 10.5 Å². The fourth-order valence-corrected chi connectivity index (χ4v) is 4.93. The maximum absolute atomic E-state index is 12.9. The number of carbonyl (C=O) groups is 2. The van der Waals surface area contributed by atoms with Gasteiger partial charge in [-0.15, -0.1) is 0 Å². The van der Waals surface area contributed by atoms with Crippen molar-refractivity contribution in [1.82, 2.24) is 14.5 Å². The molecule has 0 unspecified atom stereocenters. The summed E-state index contributed by atoms with van der Waals surface area (Å²) in [5.74, 6) is 0.530. The lowest BCUT2D eigenvalue weighted by Crippen LogP contribution is -2.51. The zero-order chi connectivity index (χ0) is 24.0. The minimum Gasteiger partial charge on any atom is -0.497 e.